The Morgan fingerprint density at radius 2 is 0.889 bits per heavy atom. The Kier molecular flexibility index (Phi) is 23.9. The third-order valence-corrected chi connectivity index (χ3v) is 13.5. The Hall–Kier alpha value is -5.32. The highest BCUT2D eigenvalue weighted by Crippen LogP contribution is 2.47. The largest absolute Gasteiger partial charge is 0.505 e. The molecule has 6 unspecified atom stereocenters. The molecule has 0 aromatic carbocycles. The Balaban J connectivity index is 0.00000676. The van der Waals surface area contributed by atoms with Crippen LogP contribution in [0, 0.1) is 10.8 Å². The van der Waals surface area contributed by atoms with Crippen LogP contribution >= 0.6 is 17.2 Å². The smallest absolute Gasteiger partial charge is 0.377 e. The van der Waals surface area contributed by atoms with Gasteiger partial charge in [-0.1, -0.05) is 135 Å². The fourth-order valence-electron chi connectivity index (χ4n) is 7.88. The van der Waals surface area contributed by atoms with Crippen LogP contribution < -0.4 is 0 Å². The molecule has 4 rings (SSSR count). The molecule has 2 heterocycles. The molecule has 0 fully saturated rings. The lowest BCUT2D eigenvalue weighted by Crippen LogP contribution is -2.37. The molecule has 6 atom stereocenters. The third kappa shape index (κ3) is 17.7. The quantitative estimate of drug-likeness (QED) is 0.0302. The minimum atomic E-state index is -2.44. The molecule has 0 saturated heterocycles. The normalized spacial score (nSPS) is 24.5. The summed E-state index contributed by atoms with van der Waals surface area (Å²) in [6.45, 7) is 19.1. The first-order valence-corrected chi connectivity index (χ1v) is 25.4. The zero-order chi connectivity index (χ0) is 54.1. The van der Waals surface area contributed by atoms with Gasteiger partial charge in [-0.05, 0) is 87.5 Å². The number of hydrogen-bond donors (Lipinski definition) is 7. The van der Waals surface area contributed by atoms with E-state index in [2.05, 4.69) is 0 Å². The number of ether oxygens (including phenoxy) is 2. The minimum absolute atomic E-state index is 0.0222. The zero-order valence-corrected chi connectivity index (χ0v) is 44.5. The maximum Gasteiger partial charge on any atom is 0.377 e. The SMILES string of the molecule is CC1=C(/C=C/C(C)=C/C=C/C(C)=C/C=C/C=C(C)/C=C/C=C(C)/C=C/C2=C(C)C(=O)C(OP(O)OCCC3OC(=O)C(O)=C3O)CC2(C)C)C(C)(C)CC(OP(O)OCCC2OC(=O)C(O)=C2O)C1=O.CO. The van der Waals surface area contributed by atoms with Gasteiger partial charge in [-0.25, -0.2) is 9.59 Å². The summed E-state index contributed by atoms with van der Waals surface area (Å²) in [5, 5.41) is 45.4. The fraction of sp³-hybridized carbons (Fsp3) is 0.434. The second-order valence-corrected chi connectivity index (χ2v) is 20.4. The van der Waals surface area contributed by atoms with Gasteiger partial charge >= 0.3 is 29.1 Å². The summed E-state index contributed by atoms with van der Waals surface area (Å²) < 4.78 is 31.5. The van der Waals surface area contributed by atoms with E-state index < -0.39 is 87.4 Å². The van der Waals surface area contributed by atoms with Gasteiger partial charge in [0.1, 0.15) is 12.2 Å². The molecule has 0 amide bonds. The van der Waals surface area contributed by atoms with Crippen LogP contribution in [-0.4, -0.2) is 104 Å². The van der Waals surface area contributed by atoms with Crippen molar-refractivity contribution >= 4 is 40.7 Å². The number of aliphatic hydroxyl groups excluding tert-OH is 5. The van der Waals surface area contributed by atoms with Crippen LogP contribution in [0.2, 0.25) is 0 Å². The van der Waals surface area contributed by atoms with Crippen molar-refractivity contribution < 1.29 is 82.1 Å². The first-order valence-electron chi connectivity index (χ1n) is 23.1. The number of hydrogen-bond acceptors (Lipinski definition) is 17. The van der Waals surface area contributed by atoms with E-state index in [-0.39, 0.29) is 37.6 Å². The molecule has 0 aromatic heterocycles. The molecule has 72 heavy (non-hydrogen) atoms. The van der Waals surface area contributed by atoms with Gasteiger partial charge in [0, 0.05) is 20.0 Å². The van der Waals surface area contributed by atoms with Gasteiger partial charge in [0.15, 0.2) is 35.3 Å². The number of carbonyl (C=O) groups excluding carboxylic acids is 4. The molecular formula is C53H70O17P2. The lowest BCUT2D eigenvalue weighted by Gasteiger charge is -2.36. The summed E-state index contributed by atoms with van der Waals surface area (Å²) in [5.74, 6) is -5.47. The second kappa shape index (κ2) is 28.2. The van der Waals surface area contributed by atoms with Crippen molar-refractivity contribution in [2.45, 2.75) is 119 Å². The van der Waals surface area contributed by atoms with E-state index in [1.54, 1.807) is 13.8 Å². The molecule has 0 spiro atoms. The summed E-state index contributed by atoms with van der Waals surface area (Å²) in [6.07, 6.45) is 24.1. The average molecular weight is 1040 g/mol. The Morgan fingerprint density at radius 3 is 1.21 bits per heavy atom. The number of aliphatic hydroxyl groups is 5. The number of allylic oxidation sites excluding steroid dienone is 20. The monoisotopic (exact) mass is 1040 g/mol. The van der Waals surface area contributed by atoms with Crippen LogP contribution in [0.4, 0.5) is 0 Å². The van der Waals surface area contributed by atoms with Crippen LogP contribution in [0.5, 0.6) is 0 Å². The van der Waals surface area contributed by atoms with E-state index in [1.165, 1.54) is 0 Å². The van der Waals surface area contributed by atoms with Crippen LogP contribution in [-0.2, 0) is 46.7 Å². The minimum Gasteiger partial charge on any atom is -0.505 e. The highest BCUT2D eigenvalue weighted by atomic mass is 31.2. The standard InChI is InChI=1S/C52H66O16P2.CH4O/c1-31(17-13-19-33(3)21-23-37-35(5)43(53)41(29-51(37,7)8)67-69(61)63-27-25-39-45(55)47(57)49(59)65-39)15-11-12-16-32(2)18-14-20-34(4)22-24-38-36(6)44(54)42(30-52(38,9)10)68-70(62)64-28-26-40-46(56)48(58)50(60)66-40;1-2/h11-24,39-42,55-58,61-62H,25-30H2,1-10H3;2H,1H3/b12-11+,17-13+,18-14+,23-21+,24-22+,31-15+,32-16+,33-19+,34-20+;. The summed E-state index contributed by atoms with van der Waals surface area (Å²) in [4.78, 5) is 70.0. The number of ketones is 2. The van der Waals surface area contributed by atoms with Gasteiger partial charge in [-0.2, -0.15) is 0 Å². The molecule has 0 radical (unpaired) electrons. The molecule has 2 aliphatic carbocycles. The van der Waals surface area contributed by atoms with E-state index in [9.17, 15) is 49.4 Å². The number of Topliss-reactive ketones (excluding diaryl/α,β-unsaturated/α-hetero) is 2. The Bertz CT molecular complexity index is 2270. The molecule has 394 valence electrons. The molecular weight excluding hydrogens is 971 g/mol. The van der Waals surface area contributed by atoms with Gasteiger partial charge in [-0.3, -0.25) is 9.59 Å². The molecule has 19 heteroatoms. The van der Waals surface area contributed by atoms with Gasteiger partial charge in [0.05, 0.1) is 13.2 Å². The van der Waals surface area contributed by atoms with Gasteiger partial charge in [0.25, 0.3) is 0 Å². The van der Waals surface area contributed by atoms with E-state index in [0.29, 0.717) is 24.0 Å². The molecule has 17 nitrogen and oxygen atoms in total. The van der Waals surface area contributed by atoms with Gasteiger partial charge in [-0.15, -0.1) is 0 Å². The lowest BCUT2D eigenvalue weighted by atomic mass is 9.71. The van der Waals surface area contributed by atoms with E-state index >= 15 is 0 Å². The molecule has 0 saturated carbocycles. The predicted octanol–water partition coefficient (Wildman–Crippen LogP) is 10.3. The van der Waals surface area contributed by atoms with E-state index in [0.717, 1.165) is 40.5 Å². The van der Waals surface area contributed by atoms with Crippen LogP contribution in [0.15, 0.2) is 153 Å². The van der Waals surface area contributed by atoms with Crippen molar-refractivity contribution in [3.05, 3.63) is 153 Å². The first-order chi connectivity index (χ1) is 33.8. The Morgan fingerprint density at radius 1 is 0.569 bits per heavy atom. The summed E-state index contributed by atoms with van der Waals surface area (Å²) in [5.41, 5.74) is 5.89. The number of rotatable bonds is 22. The molecule has 4 aliphatic rings. The van der Waals surface area contributed by atoms with Crippen molar-refractivity contribution in [1.82, 2.24) is 0 Å². The number of carbonyl (C=O) groups is 4. The number of cyclic esters (lactones) is 2. The topological polar surface area (TPSA) is 265 Å². The van der Waals surface area contributed by atoms with Crippen molar-refractivity contribution in [1.29, 1.82) is 0 Å². The summed E-state index contributed by atoms with van der Waals surface area (Å²) in [6, 6.07) is 0. The molecule has 2 aliphatic heterocycles. The van der Waals surface area contributed by atoms with Crippen molar-refractivity contribution in [3.8, 4) is 0 Å². The average Bonchev–Trinajstić information content (AvgIpc) is 3.70. The highest BCUT2D eigenvalue weighted by Gasteiger charge is 2.42. The maximum atomic E-state index is 13.3. The van der Waals surface area contributed by atoms with Crippen molar-refractivity contribution in [2.75, 3.05) is 20.3 Å². The predicted molar refractivity (Wildman–Crippen MR) is 275 cm³/mol. The molecule has 0 bridgehead atoms. The van der Waals surface area contributed by atoms with E-state index in [4.69, 9.17) is 32.7 Å². The molecule has 0 aromatic rings. The van der Waals surface area contributed by atoms with Gasteiger partial charge in [0.2, 0.25) is 11.5 Å². The maximum absolute atomic E-state index is 13.3. The fourth-order valence-corrected chi connectivity index (χ4v) is 9.30. The lowest BCUT2D eigenvalue weighted by molar-refractivity contribution is -0.143. The Labute approximate surface area is 424 Å². The zero-order valence-electron chi connectivity index (χ0n) is 42.7. The van der Waals surface area contributed by atoms with Crippen LogP contribution in [0.25, 0.3) is 0 Å². The van der Waals surface area contributed by atoms with Crippen LogP contribution in [0.1, 0.15) is 94.9 Å². The first kappa shape index (κ1) is 61.0. The second-order valence-electron chi connectivity index (χ2n) is 18.6. The highest BCUT2D eigenvalue weighted by molar-refractivity contribution is 7.40. The number of esters is 2. The third-order valence-electron chi connectivity index (χ3n) is 11.9. The molecule has 7 N–H and O–H groups in total. The van der Waals surface area contributed by atoms with Crippen molar-refractivity contribution in [3.63, 3.8) is 0 Å². The van der Waals surface area contributed by atoms with Gasteiger partial charge < -0.3 is 62.9 Å². The van der Waals surface area contributed by atoms with Crippen LogP contribution in [0.3, 0.4) is 0 Å². The van der Waals surface area contributed by atoms with E-state index in [1.807, 2.05) is 140 Å². The summed E-state index contributed by atoms with van der Waals surface area (Å²) >= 11 is 0. The summed E-state index contributed by atoms with van der Waals surface area (Å²) in [7, 11) is -3.89. The van der Waals surface area contributed by atoms with Crippen molar-refractivity contribution in [2.24, 2.45) is 10.8 Å².